The van der Waals surface area contributed by atoms with Crippen molar-refractivity contribution in [3.63, 3.8) is 0 Å². The molecule has 1 aromatic carbocycles. The lowest BCUT2D eigenvalue weighted by molar-refractivity contribution is 0.197. The summed E-state index contributed by atoms with van der Waals surface area (Å²) in [6, 6.07) is 15.4. The van der Waals surface area contributed by atoms with Gasteiger partial charge in [-0.3, -0.25) is 4.90 Å². The highest BCUT2D eigenvalue weighted by Gasteiger charge is 2.30. The van der Waals surface area contributed by atoms with E-state index < -0.39 is 0 Å². The molecule has 0 spiro atoms. The molecule has 1 fully saturated rings. The Morgan fingerprint density at radius 1 is 1.18 bits per heavy atom. The second-order valence-corrected chi connectivity index (χ2v) is 6.16. The van der Waals surface area contributed by atoms with Crippen LogP contribution in [0.3, 0.4) is 0 Å². The highest BCUT2D eigenvalue weighted by molar-refractivity contribution is 5.30. The molecule has 1 aliphatic rings. The van der Waals surface area contributed by atoms with Crippen LogP contribution in [0.1, 0.15) is 43.9 Å². The van der Waals surface area contributed by atoms with Crippen LogP contribution in [-0.4, -0.2) is 22.5 Å². The number of likely N-dealkylation sites (tertiary alicyclic amines) is 1. The van der Waals surface area contributed by atoms with Crippen molar-refractivity contribution >= 4 is 0 Å². The van der Waals surface area contributed by atoms with E-state index in [9.17, 15) is 0 Å². The fraction of sp³-hybridized carbons (Fsp3) is 0.421. The van der Waals surface area contributed by atoms with Crippen LogP contribution in [-0.2, 0) is 6.61 Å². The van der Waals surface area contributed by atoms with Crippen molar-refractivity contribution in [1.82, 2.24) is 9.88 Å². The van der Waals surface area contributed by atoms with E-state index in [1.54, 1.807) is 0 Å². The molecule has 1 saturated heterocycles. The molecular formula is C19H24N2O. The minimum Gasteiger partial charge on any atom is -0.473 e. The summed E-state index contributed by atoms with van der Waals surface area (Å²) < 4.78 is 6.03. The fourth-order valence-electron chi connectivity index (χ4n) is 3.24. The van der Waals surface area contributed by atoms with Gasteiger partial charge in [0, 0.05) is 23.8 Å². The lowest BCUT2D eigenvalue weighted by atomic mass is 10.1. The van der Waals surface area contributed by atoms with Gasteiger partial charge >= 0.3 is 0 Å². The summed E-state index contributed by atoms with van der Waals surface area (Å²) in [7, 11) is 0. The van der Waals surface area contributed by atoms with Crippen molar-refractivity contribution in [1.29, 1.82) is 0 Å². The molecule has 0 bridgehead atoms. The molecule has 3 nitrogen and oxygen atoms in total. The normalized spacial score (nSPS) is 18.8. The Hall–Kier alpha value is -1.87. The maximum Gasteiger partial charge on any atom is 0.218 e. The molecule has 22 heavy (non-hydrogen) atoms. The molecule has 1 aliphatic heterocycles. The van der Waals surface area contributed by atoms with Gasteiger partial charge in [0.25, 0.3) is 0 Å². The first-order valence-corrected chi connectivity index (χ1v) is 8.13. The van der Waals surface area contributed by atoms with Gasteiger partial charge in [0.1, 0.15) is 6.61 Å². The SMILES string of the molecule is CC(C)N1CCCC1c1cccnc1OCc1ccccc1. The molecule has 2 heterocycles. The maximum absolute atomic E-state index is 6.03. The number of benzene rings is 1. The van der Waals surface area contributed by atoms with Crippen LogP contribution in [0, 0.1) is 0 Å². The Kier molecular flexibility index (Phi) is 4.74. The second-order valence-electron chi connectivity index (χ2n) is 6.16. The summed E-state index contributed by atoms with van der Waals surface area (Å²) in [5.41, 5.74) is 2.40. The van der Waals surface area contributed by atoms with Crippen LogP contribution in [0.4, 0.5) is 0 Å². The Balaban J connectivity index is 1.78. The first kappa shape index (κ1) is 15.0. The van der Waals surface area contributed by atoms with E-state index >= 15 is 0 Å². The third kappa shape index (κ3) is 3.30. The van der Waals surface area contributed by atoms with E-state index in [0.29, 0.717) is 18.7 Å². The van der Waals surface area contributed by atoms with Crippen LogP contribution in [0.5, 0.6) is 5.88 Å². The van der Waals surface area contributed by atoms with E-state index in [4.69, 9.17) is 4.74 Å². The smallest absolute Gasteiger partial charge is 0.218 e. The molecule has 0 radical (unpaired) electrons. The van der Waals surface area contributed by atoms with Gasteiger partial charge in [-0.2, -0.15) is 0 Å². The number of pyridine rings is 1. The van der Waals surface area contributed by atoms with Crippen molar-refractivity contribution in [2.45, 2.75) is 45.4 Å². The average Bonchev–Trinajstić information content (AvgIpc) is 3.04. The van der Waals surface area contributed by atoms with Gasteiger partial charge in [-0.1, -0.05) is 36.4 Å². The largest absolute Gasteiger partial charge is 0.473 e. The molecule has 2 aromatic rings. The molecule has 1 aromatic heterocycles. The molecule has 0 aliphatic carbocycles. The van der Waals surface area contributed by atoms with Crippen molar-refractivity contribution in [2.75, 3.05) is 6.54 Å². The highest BCUT2D eigenvalue weighted by Crippen LogP contribution is 2.37. The minimum atomic E-state index is 0.430. The highest BCUT2D eigenvalue weighted by atomic mass is 16.5. The van der Waals surface area contributed by atoms with E-state index in [0.717, 1.165) is 12.4 Å². The monoisotopic (exact) mass is 296 g/mol. The number of rotatable bonds is 5. The van der Waals surface area contributed by atoms with Crippen LogP contribution in [0.15, 0.2) is 48.7 Å². The van der Waals surface area contributed by atoms with Gasteiger partial charge in [0.2, 0.25) is 5.88 Å². The van der Waals surface area contributed by atoms with E-state index in [1.807, 2.05) is 30.5 Å². The number of nitrogens with zero attached hydrogens (tertiary/aromatic N) is 2. The third-order valence-corrected chi connectivity index (χ3v) is 4.34. The number of aromatic nitrogens is 1. The van der Waals surface area contributed by atoms with E-state index in [1.165, 1.54) is 24.0 Å². The fourth-order valence-corrected chi connectivity index (χ4v) is 3.24. The van der Waals surface area contributed by atoms with Crippen LogP contribution < -0.4 is 4.74 Å². The Bertz CT molecular complexity index is 597. The Labute approximate surface area is 132 Å². The molecular weight excluding hydrogens is 272 g/mol. The summed E-state index contributed by atoms with van der Waals surface area (Å²) in [5.74, 6) is 0.781. The maximum atomic E-state index is 6.03. The summed E-state index contributed by atoms with van der Waals surface area (Å²) >= 11 is 0. The van der Waals surface area contributed by atoms with Crippen LogP contribution in [0.2, 0.25) is 0 Å². The summed E-state index contributed by atoms with van der Waals surface area (Å²) in [6.45, 7) is 6.26. The predicted octanol–water partition coefficient (Wildman–Crippen LogP) is 4.21. The number of hydrogen-bond donors (Lipinski definition) is 0. The zero-order valence-electron chi connectivity index (χ0n) is 13.4. The molecule has 0 N–H and O–H groups in total. The summed E-state index contributed by atoms with van der Waals surface area (Å²) in [5, 5.41) is 0. The second kappa shape index (κ2) is 6.93. The number of hydrogen-bond acceptors (Lipinski definition) is 3. The Morgan fingerprint density at radius 3 is 2.77 bits per heavy atom. The average molecular weight is 296 g/mol. The molecule has 0 saturated carbocycles. The van der Waals surface area contributed by atoms with Crippen LogP contribution >= 0.6 is 0 Å². The molecule has 3 rings (SSSR count). The van der Waals surface area contributed by atoms with Crippen molar-refractivity contribution in [3.05, 3.63) is 59.8 Å². The Morgan fingerprint density at radius 2 is 2.00 bits per heavy atom. The number of ether oxygens (including phenoxy) is 1. The van der Waals surface area contributed by atoms with Crippen molar-refractivity contribution < 1.29 is 4.74 Å². The summed E-state index contributed by atoms with van der Waals surface area (Å²) in [6.07, 6.45) is 4.25. The van der Waals surface area contributed by atoms with E-state index in [-0.39, 0.29) is 0 Å². The van der Waals surface area contributed by atoms with Gasteiger partial charge in [0.15, 0.2) is 0 Å². The molecule has 1 unspecified atom stereocenters. The topological polar surface area (TPSA) is 25.4 Å². The van der Waals surface area contributed by atoms with Crippen LogP contribution in [0.25, 0.3) is 0 Å². The molecule has 116 valence electrons. The first-order valence-electron chi connectivity index (χ1n) is 8.13. The van der Waals surface area contributed by atoms with Gasteiger partial charge in [-0.25, -0.2) is 4.98 Å². The standard InChI is InChI=1S/C19H24N2O/c1-15(2)21-13-7-11-18(21)17-10-6-12-20-19(17)22-14-16-8-4-3-5-9-16/h3-6,8-10,12,15,18H,7,11,13-14H2,1-2H3. The van der Waals surface area contributed by atoms with Gasteiger partial charge in [-0.15, -0.1) is 0 Å². The summed E-state index contributed by atoms with van der Waals surface area (Å²) in [4.78, 5) is 7.03. The lowest BCUT2D eigenvalue weighted by Gasteiger charge is -2.29. The first-order chi connectivity index (χ1) is 10.8. The molecule has 0 amide bonds. The molecule has 3 heteroatoms. The third-order valence-electron chi connectivity index (χ3n) is 4.34. The predicted molar refractivity (Wildman–Crippen MR) is 88.8 cm³/mol. The van der Waals surface area contributed by atoms with Gasteiger partial charge in [0.05, 0.1) is 0 Å². The molecule has 1 atom stereocenters. The van der Waals surface area contributed by atoms with Gasteiger partial charge in [-0.05, 0) is 44.9 Å². The van der Waals surface area contributed by atoms with Crippen molar-refractivity contribution in [2.24, 2.45) is 0 Å². The van der Waals surface area contributed by atoms with E-state index in [2.05, 4.69) is 41.9 Å². The van der Waals surface area contributed by atoms with Gasteiger partial charge < -0.3 is 4.74 Å². The minimum absolute atomic E-state index is 0.430. The van der Waals surface area contributed by atoms with Crippen molar-refractivity contribution in [3.8, 4) is 5.88 Å². The zero-order chi connectivity index (χ0) is 15.4. The zero-order valence-corrected chi connectivity index (χ0v) is 13.4. The quantitative estimate of drug-likeness (QED) is 0.826. The lowest BCUT2D eigenvalue weighted by Crippen LogP contribution is -2.30.